The van der Waals surface area contributed by atoms with Crippen LogP contribution in [0.2, 0.25) is 5.02 Å². The molecule has 178 valence electrons. The van der Waals surface area contributed by atoms with Gasteiger partial charge in [0.1, 0.15) is 22.9 Å². The molecule has 2 aliphatic rings. The second kappa shape index (κ2) is 8.02. The van der Waals surface area contributed by atoms with Crippen molar-refractivity contribution in [3.05, 3.63) is 46.3 Å². The molecule has 7 nitrogen and oxygen atoms in total. The first kappa shape index (κ1) is 23.6. The molecule has 4 rings (SSSR count). The van der Waals surface area contributed by atoms with E-state index in [1.165, 1.54) is 12.1 Å². The summed E-state index contributed by atoms with van der Waals surface area (Å²) in [6.45, 7) is 1.75. The standard InChI is InChI=1S/C22H24ClF3N4O3/c1-10-28-17(18(30(10)2)19(31)29-14-3-4-16(24)15(23)7-14)11-5-12-8-21(33,9-13(12)6-11)22(25,26)20(27)32/h3-4,7,11-13,33H,5-6,8-9H2,1-2H3,(H2,27,32)(H,29,31). The number of hydrogen-bond acceptors (Lipinski definition) is 4. The molecule has 1 heterocycles. The van der Waals surface area contributed by atoms with Crippen molar-refractivity contribution >= 4 is 29.1 Å². The van der Waals surface area contributed by atoms with Gasteiger partial charge in [0.2, 0.25) is 0 Å². The quantitative estimate of drug-likeness (QED) is 0.603. The van der Waals surface area contributed by atoms with Crippen molar-refractivity contribution in [3.63, 3.8) is 0 Å². The van der Waals surface area contributed by atoms with E-state index in [1.807, 2.05) is 0 Å². The Kier molecular flexibility index (Phi) is 5.73. The Morgan fingerprint density at radius 3 is 2.45 bits per heavy atom. The van der Waals surface area contributed by atoms with Gasteiger partial charge in [-0.1, -0.05) is 11.6 Å². The minimum Gasteiger partial charge on any atom is -0.383 e. The lowest BCUT2D eigenvalue weighted by Gasteiger charge is -2.31. The number of aromatic nitrogens is 2. The van der Waals surface area contributed by atoms with Gasteiger partial charge in [-0.3, -0.25) is 9.59 Å². The van der Waals surface area contributed by atoms with E-state index in [-0.39, 0.29) is 35.6 Å². The van der Waals surface area contributed by atoms with Gasteiger partial charge < -0.3 is 20.7 Å². The zero-order valence-corrected chi connectivity index (χ0v) is 18.8. The number of amides is 2. The van der Waals surface area contributed by atoms with Crippen LogP contribution in [-0.2, 0) is 11.8 Å². The first-order valence-electron chi connectivity index (χ1n) is 10.5. The van der Waals surface area contributed by atoms with Crippen LogP contribution in [0, 0.1) is 24.6 Å². The van der Waals surface area contributed by atoms with Gasteiger partial charge in [0.15, 0.2) is 0 Å². The van der Waals surface area contributed by atoms with Gasteiger partial charge in [0, 0.05) is 18.7 Å². The average molecular weight is 485 g/mol. The van der Waals surface area contributed by atoms with Crippen LogP contribution < -0.4 is 11.1 Å². The summed E-state index contributed by atoms with van der Waals surface area (Å²) in [5.41, 5.74) is 3.54. The molecule has 2 unspecified atom stereocenters. The molecule has 2 saturated carbocycles. The van der Waals surface area contributed by atoms with Crippen molar-refractivity contribution in [2.24, 2.45) is 24.6 Å². The number of aryl methyl sites for hydroxylation is 1. The molecular weight excluding hydrogens is 461 g/mol. The Balaban J connectivity index is 1.55. The van der Waals surface area contributed by atoms with Gasteiger partial charge in [-0.25, -0.2) is 9.37 Å². The molecule has 1 aromatic heterocycles. The SMILES string of the molecule is Cc1nc(C2CC3CC(O)(C(F)(F)C(N)=O)CC3C2)c(C(=O)Nc2ccc(F)c(Cl)c2)n1C. The number of nitrogens with zero attached hydrogens (tertiary/aromatic N) is 2. The summed E-state index contributed by atoms with van der Waals surface area (Å²) >= 11 is 5.80. The summed E-state index contributed by atoms with van der Waals surface area (Å²) in [7, 11) is 1.69. The summed E-state index contributed by atoms with van der Waals surface area (Å²) in [4.78, 5) is 28.8. The number of rotatable bonds is 5. The van der Waals surface area contributed by atoms with Gasteiger partial charge in [-0.2, -0.15) is 8.78 Å². The lowest BCUT2D eigenvalue weighted by atomic mass is 9.87. The van der Waals surface area contributed by atoms with Gasteiger partial charge >= 0.3 is 5.92 Å². The Bertz CT molecular complexity index is 1120. The Hall–Kier alpha value is -2.59. The van der Waals surface area contributed by atoms with Crippen LogP contribution in [0.3, 0.4) is 0 Å². The predicted molar refractivity (Wildman–Crippen MR) is 115 cm³/mol. The van der Waals surface area contributed by atoms with Crippen molar-refractivity contribution in [1.29, 1.82) is 0 Å². The highest BCUT2D eigenvalue weighted by molar-refractivity contribution is 6.31. The summed E-state index contributed by atoms with van der Waals surface area (Å²) in [5.74, 6) is -6.97. The smallest absolute Gasteiger partial charge is 0.352 e. The number of nitrogens with one attached hydrogen (secondary N) is 1. The van der Waals surface area contributed by atoms with E-state index in [0.29, 0.717) is 35.7 Å². The molecule has 2 amide bonds. The second-order valence-electron chi connectivity index (χ2n) is 9.10. The third-order valence-electron chi connectivity index (χ3n) is 7.06. The molecule has 0 bridgehead atoms. The molecule has 4 N–H and O–H groups in total. The number of imidazole rings is 1. The van der Waals surface area contributed by atoms with Gasteiger partial charge in [-0.05, 0) is 62.6 Å². The van der Waals surface area contributed by atoms with Crippen LogP contribution >= 0.6 is 11.6 Å². The van der Waals surface area contributed by atoms with Gasteiger partial charge in [-0.15, -0.1) is 0 Å². The maximum absolute atomic E-state index is 14.2. The lowest BCUT2D eigenvalue weighted by molar-refractivity contribution is -0.189. The number of alkyl halides is 2. The molecular formula is C22H24ClF3N4O3. The third kappa shape index (κ3) is 3.89. The second-order valence-corrected chi connectivity index (χ2v) is 9.51. The molecule has 0 radical (unpaired) electrons. The van der Waals surface area contributed by atoms with Gasteiger partial charge in [0.25, 0.3) is 11.8 Å². The zero-order valence-electron chi connectivity index (χ0n) is 18.0. The number of aliphatic hydroxyl groups is 1. The highest BCUT2D eigenvalue weighted by Gasteiger charge is 2.64. The van der Waals surface area contributed by atoms with Crippen molar-refractivity contribution in [2.45, 2.75) is 50.0 Å². The minimum atomic E-state index is -4.00. The predicted octanol–water partition coefficient (Wildman–Crippen LogP) is 3.53. The van der Waals surface area contributed by atoms with E-state index >= 15 is 0 Å². The first-order valence-corrected chi connectivity index (χ1v) is 10.9. The summed E-state index contributed by atoms with van der Waals surface area (Å²) in [5, 5.41) is 13.0. The Morgan fingerprint density at radius 1 is 1.30 bits per heavy atom. The van der Waals surface area contributed by atoms with Gasteiger partial charge in [0.05, 0.1) is 10.7 Å². The van der Waals surface area contributed by atoms with E-state index < -0.39 is 29.2 Å². The Labute approximate surface area is 193 Å². The fourth-order valence-corrected chi connectivity index (χ4v) is 5.51. The Morgan fingerprint density at radius 2 is 1.91 bits per heavy atom. The number of nitrogens with two attached hydrogens (primary N) is 1. The highest BCUT2D eigenvalue weighted by Crippen LogP contribution is 2.57. The number of halogens is 4. The molecule has 1 aromatic carbocycles. The highest BCUT2D eigenvalue weighted by atomic mass is 35.5. The molecule has 0 saturated heterocycles. The fourth-order valence-electron chi connectivity index (χ4n) is 5.33. The normalized spacial score (nSPS) is 26.9. The maximum atomic E-state index is 14.2. The number of hydrogen-bond donors (Lipinski definition) is 3. The number of carbonyl (C=O) groups is 2. The minimum absolute atomic E-state index is 0.127. The summed E-state index contributed by atoms with van der Waals surface area (Å²) in [6, 6.07) is 3.84. The van der Waals surface area contributed by atoms with Crippen LogP contribution in [0.15, 0.2) is 18.2 Å². The van der Waals surface area contributed by atoms with E-state index in [9.17, 15) is 27.9 Å². The van der Waals surface area contributed by atoms with Crippen LogP contribution in [0.1, 0.15) is 53.6 Å². The topological polar surface area (TPSA) is 110 Å². The average Bonchev–Trinajstić information content (AvgIpc) is 3.34. The van der Waals surface area contributed by atoms with Crippen molar-refractivity contribution in [3.8, 4) is 0 Å². The monoisotopic (exact) mass is 484 g/mol. The number of fused-ring (bicyclic) bond motifs is 1. The summed E-state index contributed by atoms with van der Waals surface area (Å²) in [6.07, 6.45) is 0.402. The summed E-state index contributed by atoms with van der Waals surface area (Å²) < 4.78 is 43.5. The van der Waals surface area contributed by atoms with Crippen LogP contribution in [-0.4, -0.2) is 38.0 Å². The maximum Gasteiger partial charge on any atom is 0.352 e. The molecule has 33 heavy (non-hydrogen) atoms. The number of carbonyl (C=O) groups excluding carboxylic acids is 2. The lowest BCUT2D eigenvalue weighted by Crippen LogP contribution is -2.54. The zero-order chi connectivity index (χ0) is 24.3. The van der Waals surface area contributed by atoms with E-state index in [2.05, 4.69) is 10.3 Å². The van der Waals surface area contributed by atoms with E-state index in [0.717, 1.165) is 6.07 Å². The molecule has 2 fully saturated rings. The number of anilines is 1. The fraction of sp³-hybridized carbons (Fsp3) is 0.500. The van der Waals surface area contributed by atoms with Crippen molar-refractivity contribution in [1.82, 2.24) is 9.55 Å². The molecule has 11 heteroatoms. The molecule has 2 aliphatic carbocycles. The van der Waals surface area contributed by atoms with E-state index in [4.69, 9.17) is 17.3 Å². The van der Waals surface area contributed by atoms with Crippen molar-refractivity contribution < 1.29 is 27.9 Å². The van der Waals surface area contributed by atoms with Crippen molar-refractivity contribution in [2.75, 3.05) is 5.32 Å². The van der Waals surface area contributed by atoms with Crippen LogP contribution in [0.4, 0.5) is 18.9 Å². The molecule has 2 atom stereocenters. The largest absolute Gasteiger partial charge is 0.383 e. The molecule has 2 aromatic rings. The van der Waals surface area contributed by atoms with Crippen LogP contribution in [0.5, 0.6) is 0 Å². The molecule has 0 spiro atoms. The third-order valence-corrected chi connectivity index (χ3v) is 7.35. The molecule has 0 aliphatic heterocycles. The van der Waals surface area contributed by atoms with E-state index in [1.54, 1.807) is 18.5 Å². The number of primary amides is 1. The number of benzene rings is 1. The van der Waals surface area contributed by atoms with Crippen LogP contribution in [0.25, 0.3) is 0 Å². The first-order chi connectivity index (χ1) is 15.3.